The highest BCUT2D eigenvalue weighted by Gasteiger charge is 2.47. The number of aromatic carboxylic acids is 1. The van der Waals surface area contributed by atoms with E-state index in [-0.39, 0.29) is 18.7 Å². The van der Waals surface area contributed by atoms with Gasteiger partial charge in [0.25, 0.3) is 5.92 Å². The molecule has 0 bridgehead atoms. The second kappa shape index (κ2) is 9.38. The van der Waals surface area contributed by atoms with Gasteiger partial charge in [0.1, 0.15) is 18.2 Å². The highest BCUT2D eigenvalue weighted by atomic mass is 19.3. The van der Waals surface area contributed by atoms with Crippen molar-refractivity contribution in [2.75, 3.05) is 19.7 Å². The zero-order chi connectivity index (χ0) is 22.6. The lowest BCUT2D eigenvalue weighted by Gasteiger charge is -2.24. The molecule has 1 saturated heterocycles. The first-order valence-electron chi connectivity index (χ1n) is 9.78. The summed E-state index contributed by atoms with van der Waals surface area (Å²) in [4.78, 5) is 25.0. The van der Waals surface area contributed by atoms with Crippen LogP contribution in [0.2, 0.25) is 0 Å². The molecule has 2 N–H and O–H groups in total. The highest BCUT2D eigenvalue weighted by molar-refractivity contribution is 5.87. The Morgan fingerprint density at radius 1 is 1.19 bits per heavy atom. The van der Waals surface area contributed by atoms with E-state index in [4.69, 9.17) is 9.84 Å². The minimum absolute atomic E-state index is 0.0672. The summed E-state index contributed by atoms with van der Waals surface area (Å²) in [5.41, 5.74) is 0.777. The lowest BCUT2D eigenvalue weighted by Crippen LogP contribution is -2.45. The molecule has 2 aromatic carbocycles. The zero-order valence-corrected chi connectivity index (χ0v) is 16.9. The van der Waals surface area contributed by atoms with Gasteiger partial charge in [0.2, 0.25) is 5.91 Å². The van der Waals surface area contributed by atoms with Gasteiger partial charge in [-0.15, -0.1) is 0 Å². The molecule has 0 aliphatic carbocycles. The first-order valence-corrected chi connectivity index (χ1v) is 9.78. The molecule has 0 aromatic heterocycles. The number of carboxylic acids is 1. The SMILES string of the molecule is C[C@H](NC(=O)[C@H]1CC(F)(F)CN1CCOc1ccc(F)cc1)c1ccc(C(=O)O)cc1. The summed E-state index contributed by atoms with van der Waals surface area (Å²) in [6, 6.07) is 9.84. The van der Waals surface area contributed by atoms with E-state index in [0.717, 1.165) is 0 Å². The fourth-order valence-corrected chi connectivity index (χ4v) is 3.50. The molecule has 6 nitrogen and oxygen atoms in total. The van der Waals surface area contributed by atoms with Gasteiger partial charge in [0.05, 0.1) is 24.2 Å². The standard InChI is InChI=1S/C22H23F3N2O4/c1-14(15-2-4-16(5-3-15)21(29)30)26-20(28)19-12-22(24,25)13-27(19)10-11-31-18-8-6-17(23)7-9-18/h2-9,14,19H,10-13H2,1H3,(H,26,28)(H,29,30)/t14-,19+/m0/s1. The van der Waals surface area contributed by atoms with E-state index in [2.05, 4.69) is 5.32 Å². The number of alkyl halides is 2. The van der Waals surface area contributed by atoms with Crippen LogP contribution in [-0.4, -0.2) is 53.5 Å². The molecule has 0 unspecified atom stereocenters. The van der Waals surface area contributed by atoms with Gasteiger partial charge in [-0.05, 0) is 48.9 Å². The Morgan fingerprint density at radius 2 is 1.84 bits per heavy atom. The van der Waals surface area contributed by atoms with Crippen molar-refractivity contribution in [2.24, 2.45) is 0 Å². The molecule has 31 heavy (non-hydrogen) atoms. The quantitative estimate of drug-likeness (QED) is 0.663. The number of nitrogens with one attached hydrogen (secondary N) is 1. The van der Waals surface area contributed by atoms with Crippen LogP contribution in [0.15, 0.2) is 48.5 Å². The molecule has 1 aliphatic rings. The second-order valence-corrected chi connectivity index (χ2v) is 7.51. The topological polar surface area (TPSA) is 78.9 Å². The molecule has 1 fully saturated rings. The zero-order valence-electron chi connectivity index (χ0n) is 16.9. The number of halogens is 3. The van der Waals surface area contributed by atoms with Crippen LogP contribution in [0, 0.1) is 5.82 Å². The van der Waals surface area contributed by atoms with Crippen LogP contribution in [-0.2, 0) is 4.79 Å². The highest BCUT2D eigenvalue weighted by Crippen LogP contribution is 2.32. The predicted molar refractivity (Wildman–Crippen MR) is 107 cm³/mol. The van der Waals surface area contributed by atoms with Gasteiger partial charge < -0.3 is 15.2 Å². The predicted octanol–water partition coefficient (Wildman–Crippen LogP) is 3.49. The van der Waals surface area contributed by atoms with E-state index in [1.807, 2.05) is 0 Å². The number of amides is 1. The minimum Gasteiger partial charge on any atom is -0.492 e. The molecule has 3 rings (SSSR count). The third-order valence-electron chi connectivity index (χ3n) is 5.15. The van der Waals surface area contributed by atoms with Crippen LogP contribution < -0.4 is 10.1 Å². The molecule has 0 spiro atoms. The third kappa shape index (κ3) is 5.97. The largest absolute Gasteiger partial charge is 0.492 e. The van der Waals surface area contributed by atoms with E-state index in [9.17, 15) is 22.8 Å². The number of ether oxygens (including phenoxy) is 1. The van der Waals surface area contributed by atoms with Gasteiger partial charge in [-0.25, -0.2) is 18.0 Å². The second-order valence-electron chi connectivity index (χ2n) is 7.51. The first-order chi connectivity index (χ1) is 14.6. The number of hydrogen-bond donors (Lipinski definition) is 2. The molecular weight excluding hydrogens is 413 g/mol. The number of rotatable bonds is 8. The minimum atomic E-state index is -3.00. The van der Waals surface area contributed by atoms with E-state index in [1.54, 1.807) is 19.1 Å². The molecule has 1 amide bonds. The Kier molecular flexibility index (Phi) is 6.84. The summed E-state index contributed by atoms with van der Waals surface area (Å²) in [6.45, 7) is 1.31. The average molecular weight is 436 g/mol. The van der Waals surface area contributed by atoms with Gasteiger partial charge >= 0.3 is 5.97 Å². The third-order valence-corrected chi connectivity index (χ3v) is 5.15. The molecule has 0 saturated carbocycles. The van der Waals surface area contributed by atoms with Crippen LogP contribution in [0.4, 0.5) is 13.2 Å². The Hall–Kier alpha value is -3.07. The van der Waals surface area contributed by atoms with Crippen LogP contribution in [0.25, 0.3) is 0 Å². The number of carbonyl (C=O) groups is 2. The maximum absolute atomic E-state index is 14.0. The Balaban J connectivity index is 1.59. The number of hydrogen-bond acceptors (Lipinski definition) is 4. The summed E-state index contributed by atoms with van der Waals surface area (Å²) in [7, 11) is 0. The monoisotopic (exact) mass is 436 g/mol. The van der Waals surface area contributed by atoms with Crippen LogP contribution in [0.3, 0.4) is 0 Å². The van der Waals surface area contributed by atoms with Crippen molar-refractivity contribution in [3.8, 4) is 5.75 Å². The molecule has 1 aliphatic heterocycles. The molecule has 0 radical (unpaired) electrons. The van der Waals surface area contributed by atoms with Gasteiger partial charge in [-0.2, -0.15) is 0 Å². The van der Waals surface area contributed by atoms with Crippen molar-refractivity contribution in [3.05, 3.63) is 65.5 Å². The van der Waals surface area contributed by atoms with Gasteiger partial charge in [-0.3, -0.25) is 9.69 Å². The average Bonchev–Trinajstić information content (AvgIpc) is 3.04. The van der Waals surface area contributed by atoms with E-state index < -0.39 is 48.7 Å². The van der Waals surface area contributed by atoms with E-state index >= 15 is 0 Å². The van der Waals surface area contributed by atoms with Crippen molar-refractivity contribution < 1.29 is 32.6 Å². The van der Waals surface area contributed by atoms with Crippen molar-refractivity contribution in [1.29, 1.82) is 0 Å². The summed E-state index contributed by atoms with van der Waals surface area (Å²) >= 11 is 0. The van der Waals surface area contributed by atoms with Crippen molar-refractivity contribution in [1.82, 2.24) is 10.2 Å². The molecule has 1 heterocycles. The fraction of sp³-hybridized carbons (Fsp3) is 0.364. The van der Waals surface area contributed by atoms with E-state index in [0.29, 0.717) is 11.3 Å². The summed E-state index contributed by atoms with van der Waals surface area (Å²) in [5, 5.41) is 11.7. The molecule has 166 valence electrons. The van der Waals surface area contributed by atoms with Gasteiger partial charge in [0.15, 0.2) is 0 Å². The summed E-state index contributed by atoms with van der Waals surface area (Å²) in [5.74, 6) is -4.59. The Morgan fingerprint density at radius 3 is 2.45 bits per heavy atom. The first kappa shape index (κ1) is 22.6. The number of carboxylic acid groups (broad SMARTS) is 1. The summed E-state index contributed by atoms with van der Waals surface area (Å²) < 4.78 is 46.5. The number of benzene rings is 2. The summed E-state index contributed by atoms with van der Waals surface area (Å²) in [6.07, 6.45) is -0.597. The molecular formula is C22H23F3N2O4. The van der Waals surface area contributed by atoms with Crippen molar-refractivity contribution >= 4 is 11.9 Å². The Bertz CT molecular complexity index is 919. The fourth-order valence-electron chi connectivity index (χ4n) is 3.50. The van der Waals surface area contributed by atoms with Crippen LogP contribution >= 0.6 is 0 Å². The van der Waals surface area contributed by atoms with Crippen LogP contribution in [0.5, 0.6) is 5.75 Å². The van der Waals surface area contributed by atoms with Gasteiger partial charge in [0, 0.05) is 13.0 Å². The number of carbonyl (C=O) groups excluding carboxylic acids is 1. The molecule has 2 atom stereocenters. The Labute approximate surface area is 177 Å². The molecule has 9 heteroatoms. The number of nitrogens with zero attached hydrogens (tertiary/aromatic N) is 1. The number of likely N-dealkylation sites (tertiary alicyclic amines) is 1. The van der Waals surface area contributed by atoms with E-state index in [1.165, 1.54) is 41.3 Å². The lowest BCUT2D eigenvalue weighted by molar-refractivity contribution is -0.126. The van der Waals surface area contributed by atoms with Crippen LogP contribution in [0.1, 0.15) is 35.3 Å². The normalized spacial score (nSPS) is 19.0. The lowest BCUT2D eigenvalue weighted by atomic mass is 10.1. The van der Waals surface area contributed by atoms with Crippen molar-refractivity contribution in [2.45, 2.75) is 31.4 Å². The van der Waals surface area contributed by atoms with Gasteiger partial charge in [-0.1, -0.05) is 12.1 Å². The molecule has 2 aromatic rings. The van der Waals surface area contributed by atoms with Crippen molar-refractivity contribution in [3.63, 3.8) is 0 Å². The maximum Gasteiger partial charge on any atom is 0.335 e. The smallest absolute Gasteiger partial charge is 0.335 e. The maximum atomic E-state index is 14.0.